The van der Waals surface area contributed by atoms with Crippen LogP contribution >= 0.6 is 11.8 Å². The van der Waals surface area contributed by atoms with Gasteiger partial charge in [-0.25, -0.2) is 0 Å². The number of carbonyl (C=O) groups is 1. The lowest BCUT2D eigenvalue weighted by molar-refractivity contribution is -0.132. The second-order valence-corrected chi connectivity index (χ2v) is 4.37. The number of hydrogen-bond donors (Lipinski definition) is 2. The molecule has 1 saturated heterocycles. The summed E-state index contributed by atoms with van der Waals surface area (Å²) in [7, 11) is 1.72. The third kappa shape index (κ3) is 3.17. The number of amides is 1. The molecule has 13 heavy (non-hydrogen) atoms. The van der Waals surface area contributed by atoms with Crippen molar-refractivity contribution in [1.29, 1.82) is 0 Å². The molecule has 0 aromatic rings. The van der Waals surface area contributed by atoms with Gasteiger partial charge in [0.1, 0.15) is 0 Å². The van der Waals surface area contributed by atoms with Crippen molar-refractivity contribution in [3.8, 4) is 0 Å². The van der Waals surface area contributed by atoms with Gasteiger partial charge in [-0.2, -0.15) is 0 Å². The molecular formula is C8H16N2O2S. The van der Waals surface area contributed by atoms with Gasteiger partial charge in [0.05, 0.1) is 12.1 Å². The van der Waals surface area contributed by atoms with Gasteiger partial charge in [-0.3, -0.25) is 10.1 Å². The number of nitrogens with one attached hydrogen (secondary N) is 1. The minimum atomic E-state index is -0.456. The van der Waals surface area contributed by atoms with Crippen LogP contribution in [0.25, 0.3) is 0 Å². The Morgan fingerprint density at radius 2 is 2.54 bits per heavy atom. The summed E-state index contributed by atoms with van der Waals surface area (Å²) in [6.07, 6.45) is -0.456. The van der Waals surface area contributed by atoms with E-state index >= 15 is 0 Å². The predicted octanol–water partition coefficient (Wildman–Crippen LogP) is -0.512. The zero-order chi connectivity index (χ0) is 9.84. The molecule has 0 spiro atoms. The maximum atomic E-state index is 11.6. The molecule has 0 radical (unpaired) electrons. The first kappa shape index (κ1) is 10.8. The Morgan fingerprint density at radius 1 is 1.85 bits per heavy atom. The molecular weight excluding hydrogens is 188 g/mol. The van der Waals surface area contributed by atoms with Crippen LogP contribution < -0.4 is 5.32 Å². The van der Waals surface area contributed by atoms with E-state index in [4.69, 9.17) is 5.11 Å². The van der Waals surface area contributed by atoms with Crippen molar-refractivity contribution in [3.05, 3.63) is 0 Å². The Hall–Kier alpha value is -0.260. The number of rotatable bonds is 3. The van der Waals surface area contributed by atoms with Crippen LogP contribution in [0.1, 0.15) is 6.92 Å². The van der Waals surface area contributed by atoms with Gasteiger partial charge in [0.25, 0.3) is 0 Å². The number of aliphatic hydroxyl groups excluding tert-OH is 1. The monoisotopic (exact) mass is 204 g/mol. The zero-order valence-corrected chi connectivity index (χ0v) is 8.80. The number of aliphatic hydroxyl groups is 1. The van der Waals surface area contributed by atoms with Gasteiger partial charge in [0.2, 0.25) is 5.91 Å². The summed E-state index contributed by atoms with van der Waals surface area (Å²) in [6, 6.07) is -0.0613. The number of likely N-dealkylation sites (N-methyl/N-ethyl adjacent to an activating group) is 1. The highest BCUT2D eigenvalue weighted by Crippen LogP contribution is 2.11. The average molecular weight is 204 g/mol. The molecule has 0 aliphatic carbocycles. The van der Waals surface area contributed by atoms with E-state index in [0.29, 0.717) is 6.54 Å². The molecule has 2 N–H and O–H groups in total. The van der Waals surface area contributed by atoms with Crippen molar-refractivity contribution in [2.75, 3.05) is 25.2 Å². The van der Waals surface area contributed by atoms with Gasteiger partial charge >= 0.3 is 0 Å². The highest BCUT2D eigenvalue weighted by molar-refractivity contribution is 7.99. The van der Waals surface area contributed by atoms with Gasteiger partial charge in [-0.05, 0) is 6.92 Å². The van der Waals surface area contributed by atoms with Crippen LogP contribution in [-0.2, 0) is 4.79 Å². The highest BCUT2D eigenvalue weighted by atomic mass is 32.2. The van der Waals surface area contributed by atoms with Crippen LogP contribution in [-0.4, -0.2) is 53.3 Å². The molecule has 0 bridgehead atoms. The number of thioether (sulfide) groups is 1. The third-order valence-electron chi connectivity index (χ3n) is 1.93. The standard InChI is InChI=1S/C8H16N2O2S/c1-6(11)3-10(2)8(12)7-4-13-5-9-7/h6-7,9,11H,3-5H2,1-2H3. The number of nitrogens with zero attached hydrogens (tertiary/aromatic N) is 1. The van der Waals surface area contributed by atoms with Crippen LogP contribution in [0, 0.1) is 0 Å². The molecule has 5 heteroatoms. The maximum Gasteiger partial charge on any atom is 0.240 e. The summed E-state index contributed by atoms with van der Waals surface area (Å²) in [5.74, 6) is 1.76. The summed E-state index contributed by atoms with van der Waals surface area (Å²) in [4.78, 5) is 13.2. The van der Waals surface area contributed by atoms with E-state index in [2.05, 4.69) is 5.32 Å². The molecule has 1 heterocycles. The van der Waals surface area contributed by atoms with Gasteiger partial charge in [0, 0.05) is 25.2 Å². The normalized spacial score (nSPS) is 24.4. The van der Waals surface area contributed by atoms with E-state index in [1.54, 1.807) is 30.6 Å². The SMILES string of the molecule is CC(O)CN(C)C(=O)C1CSCN1. The fourth-order valence-corrected chi connectivity index (χ4v) is 2.24. The van der Waals surface area contributed by atoms with Crippen molar-refractivity contribution >= 4 is 17.7 Å². The van der Waals surface area contributed by atoms with Crippen LogP contribution in [0.5, 0.6) is 0 Å². The van der Waals surface area contributed by atoms with E-state index in [9.17, 15) is 4.79 Å². The van der Waals surface area contributed by atoms with Crippen molar-refractivity contribution in [3.63, 3.8) is 0 Å². The van der Waals surface area contributed by atoms with Crippen molar-refractivity contribution in [1.82, 2.24) is 10.2 Å². The van der Waals surface area contributed by atoms with Crippen molar-refractivity contribution in [2.45, 2.75) is 19.1 Å². The van der Waals surface area contributed by atoms with E-state index < -0.39 is 6.10 Å². The molecule has 1 amide bonds. The first-order valence-electron chi connectivity index (χ1n) is 4.35. The molecule has 2 unspecified atom stereocenters. The lowest BCUT2D eigenvalue weighted by Crippen LogP contribution is -2.45. The van der Waals surface area contributed by atoms with Crippen LogP contribution in [0.3, 0.4) is 0 Å². The topological polar surface area (TPSA) is 52.6 Å². The molecule has 4 nitrogen and oxygen atoms in total. The quantitative estimate of drug-likeness (QED) is 0.650. The largest absolute Gasteiger partial charge is 0.392 e. The lowest BCUT2D eigenvalue weighted by atomic mass is 10.3. The van der Waals surface area contributed by atoms with E-state index in [-0.39, 0.29) is 11.9 Å². The minimum absolute atomic E-state index is 0.0613. The van der Waals surface area contributed by atoms with Crippen LogP contribution in [0.15, 0.2) is 0 Å². The van der Waals surface area contributed by atoms with E-state index in [1.165, 1.54) is 0 Å². The lowest BCUT2D eigenvalue weighted by Gasteiger charge is -2.21. The molecule has 1 fully saturated rings. The molecule has 0 saturated carbocycles. The Balaban J connectivity index is 2.36. The van der Waals surface area contributed by atoms with Crippen LogP contribution in [0.4, 0.5) is 0 Å². The molecule has 1 aliphatic rings. The first-order chi connectivity index (χ1) is 6.11. The molecule has 2 atom stereocenters. The summed E-state index contributed by atoms with van der Waals surface area (Å²) in [6.45, 7) is 2.09. The number of carbonyl (C=O) groups excluding carboxylic acids is 1. The fraction of sp³-hybridized carbons (Fsp3) is 0.875. The Morgan fingerprint density at radius 3 is 3.00 bits per heavy atom. The summed E-state index contributed by atoms with van der Waals surface area (Å²) in [5, 5.41) is 12.2. The Bertz CT molecular complexity index is 181. The average Bonchev–Trinajstić information content (AvgIpc) is 2.53. The summed E-state index contributed by atoms with van der Waals surface area (Å²) < 4.78 is 0. The summed E-state index contributed by atoms with van der Waals surface area (Å²) in [5.41, 5.74) is 0. The Labute approximate surface area is 82.7 Å². The van der Waals surface area contributed by atoms with Crippen LogP contribution in [0.2, 0.25) is 0 Å². The minimum Gasteiger partial charge on any atom is -0.392 e. The smallest absolute Gasteiger partial charge is 0.240 e. The van der Waals surface area contributed by atoms with E-state index in [0.717, 1.165) is 11.6 Å². The Kier molecular flexibility index (Phi) is 4.02. The molecule has 1 aliphatic heterocycles. The van der Waals surface area contributed by atoms with Crippen molar-refractivity contribution in [2.24, 2.45) is 0 Å². The molecule has 1 rings (SSSR count). The highest BCUT2D eigenvalue weighted by Gasteiger charge is 2.25. The maximum absolute atomic E-state index is 11.6. The number of hydrogen-bond acceptors (Lipinski definition) is 4. The van der Waals surface area contributed by atoms with Gasteiger partial charge in [-0.1, -0.05) is 0 Å². The molecule has 76 valence electrons. The van der Waals surface area contributed by atoms with Gasteiger partial charge < -0.3 is 10.0 Å². The predicted molar refractivity (Wildman–Crippen MR) is 53.6 cm³/mol. The molecule has 0 aromatic heterocycles. The summed E-state index contributed by atoms with van der Waals surface area (Å²) >= 11 is 1.73. The van der Waals surface area contributed by atoms with Crippen molar-refractivity contribution < 1.29 is 9.90 Å². The second kappa shape index (κ2) is 4.83. The fourth-order valence-electron chi connectivity index (χ4n) is 1.31. The van der Waals surface area contributed by atoms with E-state index in [1.807, 2.05) is 0 Å². The third-order valence-corrected chi connectivity index (χ3v) is 2.87. The second-order valence-electron chi connectivity index (χ2n) is 3.34. The van der Waals surface area contributed by atoms with Gasteiger partial charge in [-0.15, -0.1) is 11.8 Å². The van der Waals surface area contributed by atoms with Gasteiger partial charge in [0.15, 0.2) is 0 Å². The molecule has 0 aromatic carbocycles. The zero-order valence-electron chi connectivity index (χ0n) is 7.99. The first-order valence-corrected chi connectivity index (χ1v) is 5.51.